The van der Waals surface area contributed by atoms with E-state index in [-0.39, 0.29) is 0 Å². The van der Waals surface area contributed by atoms with Crippen LogP contribution >= 0.6 is 22.6 Å². The normalized spacial score (nSPS) is 31.5. The first-order valence-electron chi connectivity index (χ1n) is 5.23. The Morgan fingerprint density at radius 1 is 1.33 bits per heavy atom. The van der Waals surface area contributed by atoms with Crippen LogP contribution in [0.25, 0.3) is 0 Å². The van der Waals surface area contributed by atoms with E-state index in [1.807, 2.05) is 0 Å². The summed E-state index contributed by atoms with van der Waals surface area (Å²) >= 11 is 2.54. The molecular formula is C10H20IN. The highest BCUT2D eigenvalue weighted by molar-refractivity contribution is 14.1. The highest BCUT2D eigenvalue weighted by Crippen LogP contribution is 2.19. The predicted molar refractivity (Wildman–Crippen MR) is 62.7 cm³/mol. The Morgan fingerprint density at radius 2 is 2.08 bits per heavy atom. The van der Waals surface area contributed by atoms with Gasteiger partial charge in [-0.2, -0.15) is 0 Å². The monoisotopic (exact) mass is 281 g/mol. The van der Waals surface area contributed by atoms with E-state index < -0.39 is 0 Å². The Balaban J connectivity index is 2.21. The van der Waals surface area contributed by atoms with Crippen LogP contribution < -0.4 is 5.32 Å². The lowest BCUT2D eigenvalue weighted by molar-refractivity contribution is 0.456. The minimum Gasteiger partial charge on any atom is -0.303 e. The van der Waals surface area contributed by atoms with Gasteiger partial charge in [0.25, 0.3) is 0 Å². The molecule has 0 amide bonds. The quantitative estimate of drug-likeness (QED) is 0.474. The third-order valence-electron chi connectivity index (χ3n) is 2.58. The molecule has 1 aliphatic heterocycles. The number of unbranched alkanes of at least 4 members (excludes halogenated alkanes) is 1. The minimum atomic E-state index is 0.729. The molecule has 0 radical (unpaired) electrons. The fourth-order valence-electron chi connectivity index (χ4n) is 1.81. The number of nitrogens with one attached hydrogen (secondary N) is 1. The zero-order valence-electron chi connectivity index (χ0n) is 7.98. The van der Waals surface area contributed by atoms with Gasteiger partial charge >= 0.3 is 0 Å². The van der Waals surface area contributed by atoms with E-state index >= 15 is 0 Å². The summed E-state index contributed by atoms with van der Waals surface area (Å²) in [5.74, 6) is 0. The zero-order chi connectivity index (χ0) is 8.81. The summed E-state index contributed by atoms with van der Waals surface area (Å²) in [6.45, 7) is 2.28. The summed E-state index contributed by atoms with van der Waals surface area (Å²) in [6, 6.07) is 0.814. The van der Waals surface area contributed by atoms with Crippen molar-refractivity contribution in [3.05, 3.63) is 0 Å². The molecule has 12 heavy (non-hydrogen) atoms. The summed E-state index contributed by atoms with van der Waals surface area (Å²) in [6.07, 6.45) is 9.73. The second kappa shape index (κ2) is 6.19. The zero-order valence-corrected chi connectivity index (χ0v) is 10.1. The molecule has 0 spiro atoms. The van der Waals surface area contributed by atoms with Crippen LogP contribution in [0, 0.1) is 0 Å². The number of rotatable bonds is 3. The van der Waals surface area contributed by atoms with Crippen LogP contribution in [-0.2, 0) is 0 Å². The first-order chi connectivity index (χ1) is 5.83. The van der Waals surface area contributed by atoms with Crippen molar-refractivity contribution in [1.29, 1.82) is 0 Å². The lowest BCUT2D eigenvalue weighted by atomic mass is 10.1. The van der Waals surface area contributed by atoms with Gasteiger partial charge in [0.2, 0.25) is 0 Å². The van der Waals surface area contributed by atoms with Gasteiger partial charge in [0.1, 0.15) is 0 Å². The summed E-state index contributed by atoms with van der Waals surface area (Å²) in [4.78, 5) is 0. The average Bonchev–Trinajstić information content (AvgIpc) is 2.26. The molecule has 2 heteroatoms. The van der Waals surface area contributed by atoms with E-state index in [9.17, 15) is 0 Å². The van der Waals surface area contributed by atoms with E-state index in [1.165, 1.54) is 44.9 Å². The van der Waals surface area contributed by atoms with E-state index in [2.05, 4.69) is 34.8 Å². The van der Waals surface area contributed by atoms with Gasteiger partial charge < -0.3 is 5.32 Å². The lowest BCUT2D eigenvalue weighted by Gasteiger charge is -2.18. The van der Waals surface area contributed by atoms with E-state index in [0.717, 1.165) is 10.1 Å². The van der Waals surface area contributed by atoms with Crippen molar-refractivity contribution < 1.29 is 0 Å². The van der Waals surface area contributed by atoms with Crippen molar-refractivity contribution in [2.75, 3.05) is 0 Å². The molecule has 0 aromatic carbocycles. The van der Waals surface area contributed by atoms with Gasteiger partial charge in [0, 0.05) is 6.04 Å². The molecule has 1 nitrogen and oxygen atoms in total. The third kappa shape index (κ3) is 4.08. The van der Waals surface area contributed by atoms with Crippen LogP contribution in [0.5, 0.6) is 0 Å². The molecule has 2 atom stereocenters. The second-order valence-corrected chi connectivity index (χ2v) is 5.26. The highest BCUT2D eigenvalue weighted by Gasteiger charge is 2.15. The van der Waals surface area contributed by atoms with Crippen LogP contribution in [0.3, 0.4) is 0 Å². The molecule has 1 unspecified atom stereocenters. The van der Waals surface area contributed by atoms with Crippen molar-refractivity contribution in [2.45, 2.75) is 62.0 Å². The van der Waals surface area contributed by atoms with Crippen LogP contribution in [0.2, 0.25) is 0 Å². The fourth-order valence-corrected chi connectivity index (χ4v) is 2.76. The van der Waals surface area contributed by atoms with Crippen molar-refractivity contribution in [2.24, 2.45) is 0 Å². The smallest absolute Gasteiger partial charge is 0.0595 e. The van der Waals surface area contributed by atoms with E-state index in [4.69, 9.17) is 0 Å². The topological polar surface area (TPSA) is 12.0 Å². The highest BCUT2D eigenvalue weighted by atomic mass is 127. The van der Waals surface area contributed by atoms with Crippen LogP contribution in [-0.4, -0.2) is 10.1 Å². The SMILES string of the molecule is CCCC[C@H]1CCCCC(I)N1. The van der Waals surface area contributed by atoms with E-state index in [1.54, 1.807) is 0 Å². The molecule has 0 bridgehead atoms. The van der Waals surface area contributed by atoms with E-state index in [0.29, 0.717) is 0 Å². The maximum Gasteiger partial charge on any atom is 0.0595 e. The molecule has 0 saturated carbocycles. The van der Waals surface area contributed by atoms with Gasteiger partial charge in [-0.1, -0.05) is 55.2 Å². The Kier molecular flexibility index (Phi) is 5.56. The largest absolute Gasteiger partial charge is 0.303 e. The predicted octanol–water partition coefficient (Wildman–Crippen LogP) is 3.47. The van der Waals surface area contributed by atoms with Crippen molar-refractivity contribution in [3.8, 4) is 0 Å². The summed E-state index contributed by atoms with van der Waals surface area (Å²) < 4.78 is 0.729. The average molecular weight is 281 g/mol. The number of alkyl halides is 1. The van der Waals surface area contributed by atoms with Crippen molar-refractivity contribution in [1.82, 2.24) is 5.32 Å². The number of hydrogen-bond acceptors (Lipinski definition) is 1. The minimum absolute atomic E-state index is 0.729. The van der Waals surface area contributed by atoms with Gasteiger partial charge in [0.15, 0.2) is 0 Å². The Hall–Kier alpha value is 0.690. The van der Waals surface area contributed by atoms with Crippen LogP contribution in [0.4, 0.5) is 0 Å². The molecule has 0 aromatic heterocycles. The van der Waals surface area contributed by atoms with Gasteiger partial charge in [-0.3, -0.25) is 0 Å². The number of halogens is 1. The van der Waals surface area contributed by atoms with Gasteiger partial charge in [0.05, 0.1) is 4.05 Å². The third-order valence-corrected chi connectivity index (χ3v) is 3.57. The molecule has 0 aliphatic carbocycles. The van der Waals surface area contributed by atoms with Crippen LogP contribution in [0.15, 0.2) is 0 Å². The Bertz CT molecular complexity index is 116. The first kappa shape index (κ1) is 10.8. The fraction of sp³-hybridized carbons (Fsp3) is 1.00. The summed E-state index contributed by atoms with van der Waals surface area (Å²) in [7, 11) is 0. The standard InChI is InChI=1S/C10H20IN/c1-2-3-6-9-7-4-5-8-10(11)12-9/h9-10,12H,2-8H2,1H3/t9-,10?/m0/s1. The number of hydrogen-bond donors (Lipinski definition) is 1. The summed E-state index contributed by atoms with van der Waals surface area (Å²) in [5, 5.41) is 3.70. The lowest BCUT2D eigenvalue weighted by Crippen LogP contribution is -2.32. The van der Waals surface area contributed by atoms with Crippen LogP contribution in [0.1, 0.15) is 51.9 Å². The molecule has 1 rings (SSSR count). The molecule has 1 heterocycles. The molecule has 1 fully saturated rings. The Morgan fingerprint density at radius 3 is 2.83 bits per heavy atom. The summed E-state index contributed by atoms with van der Waals surface area (Å²) in [5.41, 5.74) is 0. The maximum absolute atomic E-state index is 3.70. The van der Waals surface area contributed by atoms with Crippen molar-refractivity contribution >= 4 is 22.6 Å². The molecule has 1 N–H and O–H groups in total. The van der Waals surface area contributed by atoms with Gasteiger partial charge in [-0.15, -0.1) is 0 Å². The molecule has 0 aromatic rings. The maximum atomic E-state index is 3.70. The Labute approximate surface area is 89.8 Å². The molecular weight excluding hydrogens is 261 g/mol. The molecule has 72 valence electrons. The van der Waals surface area contributed by atoms with Gasteiger partial charge in [-0.25, -0.2) is 0 Å². The van der Waals surface area contributed by atoms with Crippen molar-refractivity contribution in [3.63, 3.8) is 0 Å². The first-order valence-corrected chi connectivity index (χ1v) is 6.47. The second-order valence-electron chi connectivity index (χ2n) is 3.76. The van der Waals surface area contributed by atoms with Gasteiger partial charge in [-0.05, 0) is 19.3 Å². The molecule has 1 saturated heterocycles. The molecule has 1 aliphatic rings.